The van der Waals surface area contributed by atoms with E-state index in [2.05, 4.69) is 55.7 Å². The van der Waals surface area contributed by atoms with Gasteiger partial charge in [0, 0.05) is 48.8 Å². The largest absolute Gasteiger partial charge is 0.371 e. The molecule has 0 radical (unpaired) electrons. The molecule has 100 valence electrons. The Morgan fingerprint density at radius 1 is 1.44 bits per heavy atom. The summed E-state index contributed by atoms with van der Waals surface area (Å²) in [4.78, 5) is 6.59. The van der Waals surface area contributed by atoms with Gasteiger partial charge in [-0.05, 0) is 33.8 Å². The summed E-state index contributed by atoms with van der Waals surface area (Å²) in [6, 6.07) is 2.13. The number of aromatic nitrogens is 1. The zero-order chi connectivity index (χ0) is 13.8. The van der Waals surface area contributed by atoms with Crippen LogP contribution in [0, 0.1) is 6.92 Å². The molecule has 0 aliphatic carbocycles. The maximum absolute atomic E-state index is 4.39. The average Bonchev–Trinajstić information content (AvgIpc) is 2.26. The Morgan fingerprint density at radius 2 is 2.11 bits per heavy atom. The number of anilines is 1. The Labute approximate surface area is 111 Å². The van der Waals surface area contributed by atoms with Crippen molar-refractivity contribution in [3.8, 4) is 0 Å². The quantitative estimate of drug-likeness (QED) is 0.811. The van der Waals surface area contributed by atoms with Crippen molar-refractivity contribution in [3.05, 3.63) is 36.2 Å². The Bertz CT molecular complexity index is 405. The second kappa shape index (κ2) is 6.01. The molecule has 0 atom stereocenters. The van der Waals surface area contributed by atoms with Crippen molar-refractivity contribution in [2.75, 3.05) is 18.5 Å². The van der Waals surface area contributed by atoms with Crippen LogP contribution in [0.25, 0.3) is 0 Å². The van der Waals surface area contributed by atoms with Crippen LogP contribution in [0.15, 0.2) is 24.9 Å². The molecule has 0 saturated carbocycles. The topological polar surface area (TPSA) is 28.2 Å². The van der Waals surface area contributed by atoms with Crippen LogP contribution in [-0.2, 0) is 6.54 Å². The van der Waals surface area contributed by atoms with Crippen LogP contribution in [0.1, 0.15) is 32.0 Å². The van der Waals surface area contributed by atoms with Crippen LogP contribution in [0.4, 0.5) is 5.69 Å². The highest BCUT2D eigenvalue weighted by molar-refractivity contribution is 5.53. The number of pyridine rings is 1. The molecule has 0 fully saturated rings. The molecular formula is C15H25N3. The fourth-order valence-electron chi connectivity index (χ4n) is 1.72. The molecule has 0 bridgehead atoms. The third-order valence-electron chi connectivity index (χ3n) is 2.72. The number of rotatable bonds is 5. The highest BCUT2D eigenvalue weighted by Crippen LogP contribution is 2.20. The molecule has 0 spiro atoms. The van der Waals surface area contributed by atoms with E-state index < -0.39 is 0 Å². The van der Waals surface area contributed by atoms with E-state index in [4.69, 9.17) is 0 Å². The third kappa shape index (κ3) is 4.49. The van der Waals surface area contributed by atoms with Gasteiger partial charge in [0.25, 0.3) is 0 Å². The first kappa shape index (κ1) is 14.7. The minimum absolute atomic E-state index is 0.110. The number of nitrogens with zero attached hydrogens (tertiary/aromatic N) is 2. The summed E-state index contributed by atoms with van der Waals surface area (Å²) in [6.45, 7) is 14.0. The number of hydrogen-bond acceptors (Lipinski definition) is 3. The summed E-state index contributed by atoms with van der Waals surface area (Å²) < 4.78 is 0. The predicted molar refractivity (Wildman–Crippen MR) is 79.0 cm³/mol. The van der Waals surface area contributed by atoms with E-state index in [0.29, 0.717) is 0 Å². The Morgan fingerprint density at radius 3 is 2.67 bits per heavy atom. The minimum Gasteiger partial charge on any atom is -0.371 e. The normalized spacial score (nSPS) is 11.4. The Hall–Kier alpha value is -1.35. The monoisotopic (exact) mass is 247 g/mol. The molecule has 3 nitrogen and oxygen atoms in total. The van der Waals surface area contributed by atoms with Gasteiger partial charge in [0.05, 0.1) is 0 Å². The maximum atomic E-state index is 4.39. The van der Waals surface area contributed by atoms with Gasteiger partial charge in [0.15, 0.2) is 0 Å². The van der Waals surface area contributed by atoms with Crippen molar-refractivity contribution in [3.63, 3.8) is 0 Å². The number of hydrogen-bond donors (Lipinski definition) is 1. The molecule has 0 aromatic carbocycles. The van der Waals surface area contributed by atoms with Gasteiger partial charge in [-0.2, -0.15) is 0 Å². The smallest absolute Gasteiger partial charge is 0.0445 e. The molecule has 0 aliphatic heterocycles. The van der Waals surface area contributed by atoms with Crippen molar-refractivity contribution in [2.24, 2.45) is 0 Å². The molecule has 3 heteroatoms. The second-order valence-electron chi connectivity index (χ2n) is 5.73. The zero-order valence-electron chi connectivity index (χ0n) is 12.2. The van der Waals surface area contributed by atoms with Crippen LogP contribution in [-0.4, -0.2) is 24.1 Å². The van der Waals surface area contributed by atoms with Gasteiger partial charge < -0.3 is 10.2 Å². The van der Waals surface area contributed by atoms with E-state index in [9.17, 15) is 0 Å². The summed E-state index contributed by atoms with van der Waals surface area (Å²) in [7, 11) is 2.08. The summed E-state index contributed by atoms with van der Waals surface area (Å²) in [5, 5.41) is 3.50. The highest BCUT2D eigenvalue weighted by Gasteiger charge is 2.12. The van der Waals surface area contributed by atoms with E-state index in [1.54, 1.807) is 0 Å². The molecular weight excluding hydrogens is 222 g/mol. The molecule has 1 N–H and O–H groups in total. The Kier molecular flexibility index (Phi) is 4.91. The van der Waals surface area contributed by atoms with Gasteiger partial charge in [-0.3, -0.25) is 4.98 Å². The number of likely N-dealkylation sites (N-methyl/N-ethyl adjacent to an activating group) is 1. The lowest BCUT2D eigenvalue weighted by Crippen LogP contribution is -2.35. The van der Waals surface area contributed by atoms with Gasteiger partial charge in [-0.1, -0.05) is 6.08 Å². The summed E-state index contributed by atoms with van der Waals surface area (Å²) in [6.07, 6.45) is 3.87. The second-order valence-corrected chi connectivity index (χ2v) is 5.73. The van der Waals surface area contributed by atoms with Crippen molar-refractivity contribution >= 4 is 5.69 Å². The molecule has 1 rings (SSSR count). The van der Waals surface area contributed by atoms with Gasteiger partial charge in [0.2, 0.25) is 0 Å². The lowest BCUT2D eigenvalue weighted by molar-refractivity contribution is 0.424. The summed E-state index contributed by atoms with van der Waals surface area (Å²) >= 11 is 0. The van der Waals surface area contributed by atoms with Gasteiger partial charge in [0.1, 0.15) is 0 Å². The van der Waals surface area contributed by atoms with Crippen LogP contribution in [0.3, 0.4) is 0 Å². The van der Waals surface area contributed by atoms with Gasteiger partial charge in [-0.25, -0.2) is 0 Å². The fraction of sp³-hybridized carbons (Fsp3) is 0.533. The zero-order valence-corrected chi connectivity index (χ0v) is 12.2. The average molecular weight is 247 g/mol. The first-order valence-corrected chi connectivity index (χ1v) is 6.36. The standard InChI is InChI=1S/C15H25N3/c1-7-8-18(6)14-9-12(2)16-10-13(14)11-17-15(3,4)5/h7,9-10,17H,1,8,11H2,2-6H3. The first-order chi connectivity index (χ1) is 8.33. The third-order valence-corrected chi connectivity index (χ3v) is 2.72. The molecule has 1 heterocycles. The van der Waals surface area contributed by atoms with E-state index in [0.717, 1.165) is 18.8 Å². The Balaban J connectivity index is 2.92. The van der Waals surface area contributed by atoms with E-state index in [1.807, 2.05) is 19.2 Å². The lowest BCUT2D eigenvalue weighted by atomic mass is 10.1. The fourth-order valence-corrected chi connectivity index (χ4v) is 1.72. The van der Waals surface area contributed by atoms with E-state index >= 15 is 0 Å². The van der Waals surface area contributed by atoms with Crippen molar-refractivity contribution in [1.29, 1.82) is 0 Å². The van der Waals surface area contributed by atoms with E-state index in [1.165, 1.54) is 11.3 Å². The first-order valence-electron chi connectivity index (χ1n) is 6.36. The highest BCUT2D eigenvalue weighted by atomic mass is 15.1. The molecule has 1 aromatic heterocycles. The molecule has 0 aliphatic rings. The van der Waals surface area contributed by atoms with Crippen molar-refractivity contribution in [2.45, 2.75) is 39.8 Å². The SMILES string of the molecule is C=CCN(C)c1cc(C)ncc1CNC(C)(C)C. The molecule has 0 amide bonds. The van der Waals surface area contributed by atoms with Crippen LogP contribution < -0.4 is 10.2 Å². The van der Waals surface area contributed by atoms with Gasteiger partial charge >= 0.3 is 0 Å². The van der Waals surface area contributed by atoms with Gasteiger partial charge in [-0.15, -0.1) is 6.58 Å². The van der Waals surface area contributed by atoms with Crippen LogP contribution in [0.5, 0.6) is 0 Å². The molecule has 1 aromatic rings. The minimum atomic E-state index is 0.110. The number of nitrogens with one attached hydrogen (secondary N) is 1. The summed E-state index contributed by atoms with van der Waals surface area (Å²) in [5.41, 5.74) is 3.60. The molecule has 0 unspecified atom stereocenters. The maximum Gasteiger partial charge on any atom is 0.0445 e. The molecule has 0 saturated heterocycles. The summed E-state index contributed by atoms with van der Waals surface area (Å²) in [5.74, 6) is 0. The van der Waals surface area contributed by atoms with Crippen molar-refractivity contribution < 1.29 is 0 Å². The van der Waals surface area contributed by atoms with Crippen LogP contribution >= 0.6 is 0 Å². The van der Waals surface area contributed by atoms with Crippen molar-refractivity contribution in [1.82, 2.24) is 10.3 Å². The van der Waals surface area contributed by atoms with Crippen LogP contribution in [0.2, 0.25) is 0 Å². The predicted octanol–water partition coefficient (Wildman–Crippen LogP) is 2.90. The molecule has 18 heavy (non-hydrogen) atoms. The van der Waals surface area contributed by atoms with E-state index in [-0.39, 0.29) is 5.54 Å². The number of aryl methyl sites for hydroxylation is 1. The lowest BCUT2D eigenvalue weighted by Gasteiger charge is -2.25.